The minimum Gasteiger partial charge on any atom is -0.463 e. The lowest BCUT2D eigenvalue weighted by Crippen LogP contribution is -2.22. The van der Waals surface area contributed by atoms with Crippen molar-refractivity contribution in [2.24, 2.45) is 0 Å². The van der Waals surface area contributed by atoms with Gasteiger partial charge in [0.05, 0.1) is 13.2 Å². The van der Waals surface area contributed by atoms with Crippen LogP contribution in [-0.2, 0) is 28.6 Å². The molecule has 1 fully saturated rings. The zero-order valence-corrected chi connectivity index (χ0v) is 9.35. The fraction of sp³-hybridized carbons (Fsp3) is 0.545. The molecule has 0 amide bonds. The van der Waals surface area contributed by atoms with Gasteiger partial charge in [-0.3, -0.25) is 4.79 Å². The molecule has 0 bridgehead atoms. The molecule has 17 heavy (non-hydrogen) atoms. The van der Waals surface area contributed by atoms with Gasteiger partial charge in [-0.2, -0.15) is 0 Å². The molecule has 6 nitrogen and oxygen atoms in total. The van der Waals surface area contributed by atoms with Crippen LogP contribution >= 0.6 is 0 Å². The molecule has 1 aliphatic heterocycles. The molecule has 0 aromatic heterocycles. The minimum atomic E-state index is -0.779. The molecule has 94 valence electrons. The lowest BCUT2D eigenvalue weighted by molar-refractivity contribution is -0.160. The number of hydrogen-bond acceptors (Lipinski definition) is 6. The highest BCUT2D eigenvalue weighted by Crippen LogP contribution is 2.11. The van der Waals surface area contributed by atoms with Crippen LogP contribution < -0.4 is 0 Å². The second kappa shape index (κ2) is 6.67. The van der Waals surface area contributed by atoms with Gasteiger partial charge >= 0.3 is 17.9 Å². The van der Waals surface area contributed by atoms with Gasteiger partial charge in [0.2, 0.25) is 6.10 Å². The third-order valence-electron chi connectivity index (χ3n) is 2.10. The normalized spacial score (nSPS) is 18.4. The van der Waals surface area contributed by atoms with Crippen LogP contribution in [0.3, 0.4) is 0 Å². The monoisotopic (exact) mass is 242 g/mol. The highest BCUT2D eigenvalue weighted by molar-refractivity contribution is 5.81. The zero-order chi connectivity index (χ0) is 12.7. The Bertz CT molecular complexity index is 322. The second-order valence-electron chi connectivity index (χ2n) is 3.41. The Morgan fingerprint density at radius 3 is 2.88 bits per heavy atom. The van der Waals surface area contributed by atoms with E-state index >= 15 is 0 Å². The number of hydrogen-bond donors (Lipinski definition) is 0. The van der Waals surface area contributed by atoms with Gasteiger partial charge in [-0.25, -0.2) is 9.59 Å². The van der Waals surface area contributed by atoms with E-state index in [2.05, 4.69) is 16.1 Å². The summed E-state index contributed by atoms with van der Waals surface area (Å²) in [4.78, 5) is 32.9. The Hall–Kier alpha value is -1.85. The molecule has 0 aliphatic carbocycles. The summed E-state index contributed by atoms with van der Waals surface area (Å²) in [5.74, 6) is -1.53. The molecule has 0 aromatic rings. The highest BCUT2D eigenvalue weighted by Gasteiger charge is 2.29. The SMILES string of the molecule is C=CC(=O)OCCCC(=O)OC1CCOC1=O. The molecule has 0 N–H and O–H groups in total. The summed E-state index contributed by atoms with van der Waals surface area (Å²) in [6.45, 7) is 3.64. The molecular formula is C11H14O6. The van der Waals surface area contributed by atoms with E-state index in [0.29, 0.717) is 12.8 Å². The summed E-state index contributed by atoms with van der Waals surface area (Å²) >= 11 is 0. The summed E-state index contributed by atoms with van der Waals surface area (Å²) in [6, 6.07) is 0. The van der Waals surface area contributed by atoms with Crippen molar-refractivity contribution in [2.45, 2.75) is 25.4 Å². The Morgan fingerprint density at radius 1 is 1.53 bits per heavy atom. The molecule has 0 saturated carbocycles. The predicted octanol–water partition coefficient (Wildman–Crippen LogP) is 0.354. The number of rotatable bonds is 6. The Morgan fingerprint density at radius 2 is 2.29 bits per heavy atom. The number of ether oxygens (including phenoxy) is 3. The maximum absolute atomic E-state index is 11.3. The average molecular weight is 242 g/mol. The number of carbonyl (C=O) groups excluding carboxylic acids is 3. The molecule has 0 spiro atoms. The van der Waals surface area contributed by atoms with Crippen LogP contribution in [0.25, 0.3) is 0 Å². The molecule has 1 unspecified atom stereocenters. The topological polar surface area (TPSA) is 78.9 Å². The van der Waals surface area contributed by atoms with E-state index < -0.39 is 24.0 Å². The fourth-order valence-electron chi connectivity index (χ4n) is 1.25. The second-order valence-corrected chi connectivity index (χ2v) is 3.41. The Labute approximate surface area is 98.5 Å². The average Bonchev–Trinajstić information content (AvgIpc) is 2.70. The zero-order valence-electron chi connectivity index (χ0n) is 9.35. The van der Waals surface area contributed by atoms with Crippen LogP contribution in [0, 0.1) is 0 Å². The largest absolute Gasteiger partial charge is 0.463 e. The first-order valence-electron chi connectivity index (χ1n) is 5.29. The van der Waals surface area contributed by atoms with Gasteiger partial charge in [0.1, 0.15) is 0 Å². The van der Waals surface area contributed by atoms with Crippen molar-refractivity contribution in [1.29, 1.82) is 0 Å². The van der Waals surface area contributed by atoms with E-state index in [1.807, 2.05) is 0 Å². The van der Waals surface area contributed by atoms with Gasteiger partial charge in [0.25, 0.3) is 0 Å². The first kappa shape index (κ1) is 13.2. The first-order valence-corrected chi connectivity index (χ1v) is 5.29. The van der Waals surface area contributed by atoms with Gasteiger partial charge in [0, 0.05) is 18.9 Å². The van der Waals surface area contributed by atoms with Crippen molar-refractivity contribution in [3.8, 4) is 0 Å². The summed E-state index contributed by atoms with van der Waals surface area (Å²) in [6.07, 6.45) is 1.11. The lowest BCUT2D eigenvalue weighted by Gasteiger charge is -2.07. The molecule has 6 heteroatoms. The third kappa shape index (κ3) is 4.67. The van der Waals surface area contributed by atoms with E-state index in [9.17, 15) is 14.4 Å². The van der Waals surface area contributed by atoms with E-state index in [1.165, 1.54) is 0 Å². The summed E-state index contributed by atoms with van der Waals surface area (Å²) in [5.41, 5.74) is 0. The number of carbonyl (C=O) groups is 3. The molecule has 1 heterocycles. The van der Waals surface area contributed by atoms with Gasteiger partial charge in [-0.05, 0) is 6.42 Å². The summed E-state index contributed by atoms with van der Waals surface area (Å²) in [5, 5.41) is 0. The van der Waals surface area contributed by atoms with Crippen molar-refractivity contribution in [2.75, 3.05) is 13.2 Å². The van der Waals surface area contributed by atoms with Crippen LogP contribution in [-0.4, -0.2) is 37.2 Å². The van der Waals surface area contributed by atoms with E-state index in [4.69, 9.17) is 4.74 Å². The highest BCUT2D eigenvalue weighted by atomic mass is 16.6. The molecule has 1 rings (SSSR count). The van der Waals surface area contributed by atoms with E-state index in [-0.39, 0.29) is 19.6 Å². The van der Waals surface area contributed by atoms with E-state index in [0.717, 1.165) is 6.08 Å². The van der Waals surface area contributed by atoms with Crippen molar-refractivity contribution >= 4 is 17.9 Å². The van der Waals surface area contributed by atoms with Crippen LogP contribution in [0.15, 0.2) is 12.7 Å². The molecule has 1 saturated heterocycles. The number of cyclic esters (lactones) is 1. The van der Waals surface area contributed by atoms with Crippen LogP contribution in [0.5, 0.6) is 0 Å². The maximum Gasteiger partial charge on any atom is 0.347 e. The molecule has 1 aliphatic rings. The van der Waals surface area contributed by atoms with Crippen LogP contribution in [0.2, 0.25) is 0 Å². The van der Waals surface area contributed by atoms with Gasteiger partial charge in [-0.15, -0.1) is 0 Å². The molecular weight excluding hydrogens is 228 g/mol. The molecule has 0 aromatic carbocycles. The Kier molecular flexibility index (Phi) is 5.19. The predicted molar refractivity (Wildman–Crippen MR) is 55.8 cm³/mol. The van der Waals surface area contributed by atoms with E-state index in [1.54, 1.807) is 0 Å². The van der Waals surface area contributed by atoms with Gasteiger partial charge in [-0.1, -0.05) is 6.58 Å². The maximum atomic E-state index is 11.3. The van der Waals surface area contributed by atoms with Crippen molar-refractivity contribution in [3.63, 3.8) is 0 Å². The molecule has 1 atom stereocenters. The minimum absolute atomic E-state index is 0.0915. The Balaban J connectivity index is 2.11. The standard InChI is InChI=1S/C11H14O6/c1-2-9(12)15-6-3-4-10(13)17-8-5-7-16-11(8)14/h2,8H,1,3-7H2. The van der Waals surface area contributed by atoms with Crippen LogP contribution in [0.1, 0.15) is 19.3 Å². The molecule has 0 radical (unpaired) electrons. The van der Waals surface area contributed by atoms with Crippen molar-refractivity contribution in [3.05, 3.63) is 12.7 Å². The van der Waals surface area contributed by atoms with Gasteiger partial charge < -0.3 is 14.2 Å². The van der Waals surface area contributed by atoms with Gasteiger partial charge in [0.15, 0.2) is 0 Å². The van der Waals surface area contributed by atoms with Crippen molar-refractivity contribution < 1.29 is 28.6 Å². The number of esters is 3. The lowest BCUT2D eigenvalue weighted by atomic mass is 10.3. The smallest absolute Gasteiger partial charge is 0.347 e. The van der Waals surface area contributed by atoms with Crippen molar-refractivity contribution in [1.82, 2.24) is 0 Å². The first-order chi connectivity index (χ1) is 8.13. The van der Waals surface area contributed by atoms with Crippen LogP contribution in [0.4, 0.5) is 0 Å². The third-order valence-corrected chi connectivity index (χ3v) is 2.10. The summed E-state index contributed by atoms with van der Waals surface area (Å²) in [7, 11) is 0. The fourth-order valence-corrected chi connectivity index (χ4v) is 1.25. The summed E-state index contributed by atoms with van der Waals surface area (Å²) < 4.78 is 14.2. The quantitative estimate of drug-likeness (QED) is 0.289.